The summed E-state index contributed by atoms with van der Waals surface area (Å²) >= 11 is 7.52. The molecular weight excluding hydrogens is 232 g/mol. The Balaban J connectivity index is 2.33. The van der Waals surface area contributed by atoms with E-state index < -0.39 is 0 Å². The first-order chi connectivity index (χ1) is 7.31. The van der Waals surface area contributed by atoms with Crippen LogP contribution in [0.4, 0.5) is 0 Å². The van der Waals surface area contributed by atoms with Crippen molar-refractivity contribution in [2.75, 3.05) is 5.75 Å². The quantitative estimate of drug-likeness (QED) is 0.770. The normalized spacial score (nSPS) is 10.5. The van der Waals surface area contributed by atoms with Crippen molar-refractivity contribution in [1.82, 2.24) is 10.2 Å². The maximum absolute atomic E-state index is 6.01. The standard InChI is InChI=1S/C10H9ClN2OS/c1-2-15-10-13-12-9(14-10)7-5-3-4-6-8(7)11/h3-6H,2H2,1H3. The van der Waals surface area contributed by atoms with Crippen molar-refractivity contribution >= 4 is 23.4 Å². The molecule has 0 atom stereocenters. The molecule has 0 radical (unpaired) electrons. The molecule has 0 saturated carbocycles. The van der Waals surface area contributed by atoms with E-state index in [1.54, 1.807) is 6.07 Å². The third-order valence-corrected chi connectivity index (χ3v) is 2.81. The lowest BCUT2D eigenvalue weighted by Crippen LogP contribution is -1.78. The molecule has 0 N–H and O–H groups in total. The highest BCUT2D eigenvalue weighted by Gasteiger charge is 2.10. The van der Waals surface area contributed by atoms with E-state index in [1.807, 2.05) is 25.1 Å². The number of halogens is 1. The van der Waals surface area contributed by atoms with Gasteiger partial charge in [0.15, 0.2) is 0 Å². The molecule has 0 amide bonds. The van der Waals surface area contributed by atoms with Crippen LogP contribution in [0.15, 0.2) is 33.9 Å². The maximum atomic E-state index is 6.01. The summed E-state index contributed by atoms with van der Waals surface area (Å²) in [5, 5.41) is 9.05. The maximum Gasteiger partial charge on any atom is 0.276 e. The molecule has 5 heteroatoms. The van der Waals surface area contributed by atoms with E-state index in [2.05, 4.69) is 10.2 Å². The molecule has 1 aromatic carbocycles. The highest BCUT2D eigenvalue weighted by molar-refractivity contribution is 7.99. The summed E-state index contributed by atoms with van der Waals surface area (Å²) in [7, 11) is 0. The van der Waals surface area contributed by atoms with E-state index in [4.69, 9.17) is 16.0 Å². The van der Waals surface area contributed by atoms with Gasteiger partial charge in [-0.05, 0) is 17.9 Å². The van der Waals surface area contributed by atoms with Crippen molar-refractivity contribution < 1.29 is 4.42 Å². The minimum atomic E-state index is 0.469. The number of rotatable bonds is 3. The second kappa shape index (κ2) is 4.68. The third kappa shape index (κ3) is 2.33. The van der Waals surface area contributed by atoms with Gasteiger partial charge in [0.25, 0.3) is 5.22 Å². The average Bonchev–Trinajstić information content (AvgIpc) is 2.68. The fraction of sp³-hybridized carbons (Fsp3) is 0.200. The third-order valence-electron chi connectivity index (χ3n) is 1.78. The summed E-state index contributed by atoms with van der Waals surface area (Å²) in [4.78, 5) is 0. The molecule has 0 aliphatic carbocycles. The Morgan fingerprint density at radius 3 is 2.87 bits per heavy atom. The summed E-state index contributed by atoms with van der Waals surface area (Å²) in [6, 6.07) is 7.41. The van der Waals surface area contributed by atoms with Crippen LogP contribution in [0.2, 0.25) is 5.02 Å². The van der Waals surface area contributed by atoms with Crippen LogP contribution in [0.5, 0.6) is 0 Å². The van der Waals surface area contributed by atoms with E-state index in [0.29, 0.717) is 16.1 Å². The number of benzene rings is 1. The fourth-order valence-corrected chi connectivity index (χ4v) is 1.84. The van der Waals surface area contributed by atoms with Crippen LogP contribution in [0.25, 0.3) is 11.5 Å². The zero-order chi connectivity index (χ0) is 10.7. The fourth-order valence-electron chi connectivity index (χ4n) is 1.14. The van der Waals surface area contributed by atoms with E-state index in [-0.39, 0.29) is 0 Å². The van der Waals surface area contributed by atoms with Crippen molar-refractivity contribution in [2.24, 2.45) is 0 Å². The van der Waals surface area contributed by atoms with Gasteiger partial charge in [0, 0.05) is 0 Å². The van der Waals surface area contributed by atoms with Crippen LogP contribution in [0.3, 0.4) is 0 Å². The number of hydrogen-bond donors (Lipinski definition) is 0. The molecule has 0 fully saturated rings. The highest BCUT2D eigenvalue weighted by Crippen LogP contribution is 2.28. The van der Waals surface area contributed by atoms with Gasteiger partial charge in [-0.15, -0.1) is 10.2 Å². The molecule has 0 aliphatic rings. The summed E-state index contributed by atoms with van der Waals surface area (Å²) < 4.78 is 5.45. The Labute approximate surface area is 96.8 Å². The predicted octanol–water partition coefficient (Wildman–Crippen LogP) is 3.50. The van der Waals surface area contributed by atoms with Crippen LogP contribution in [0, 0.1) is 0 Å². The lowest BCUT2D eigenvalue weighted by atomic mass is 10.2. The SMILES string of the molecule is CCSc1nnc(-c2ccccc2Cl)o1. The Hall–Kier alpha value is -1.00. The number of thioether (sulfide) groups is 1. The zero-order valence-electron chi connectivity index (χ0n) is 8.11. The van der Waals surface area contributed by atoms with Crippen molar-refractivity contribution in [1.29, 1.82) is 0 Å². The zero-order valence-corrected chi connectivity index (χ0v) is 9.68. The highest BCUT2D eigenvalue weighted by atomic mass is 35.5. The molecule has 0 bridgehead atoms. The van der Waals surface area contributed by atoms with Gasteiger partial charge in [-0.25, -0.2) is 0 Å². The lowest BCUT2D eigenvalue weighted by molar-refractivity contribution is 0.466. The lowest BCUT2D eigenvalue weighted by Gasteiger charge is -1.96. The molecule has 15 heavy (non-hydrogen) atoms. The second-order valence-corrected chi connectivity index (χ2v) is 4.41. The molecule has 2 aromatic rings. The van der Waals surface area contributed by atoms with Gasteiger partial charge in [0.05, 0.1) is 10.6 Å². The van der Waals surface area contributed by atoms with Crippen molar-refractivity contribution in [3.63, 3.8) is 0 Å². The predicted molar refractivity (Wildman–Crippen MR) is 61.1 cm³/mol. The second-order valence-electron chi connectivity index (χ2n) is 2.79. The first-order valence-electron chi connectivity index (χ1n) is 4.52. The largest absolute Gasteiger partial charge is 0.411 e. The summed E-state index contributed by atoms with van der Waals surface area (Å²) in [6.45, 7) is 2.03. The van der Waals surface area contributed by atoms with Gasteiger partial charge in [0.2, 0.25) is 5.89 Å². The molecule has 3 nitrogen and oxygen atoms in total. The Morgan fingerprint density at radius 1 is 1.33 bits per heavy atom. The number of hydrogen-bond acceptors (Lipinski definition) is 4. The van der Waals surface area contributed by atoms with Gasteiger partial charge in [-0.1, -0.05) is 42.4 Å². The van der Waals surface area contributed by atoms with E-state index in [0.717, 1.165) is 11.3 Å². The van der Waals surface area contributed by atoms with Crippen LogP contribution < -0.4 is 0 Å². The van der Waals surface area contributed by atoms with Gasteiger partial charge in [-0.3, -0.25) is 0 Å². The topological polar surface area (TPSA) is 38.9 Å². The number of nitrogens with zero attached hydrogens (tertiary/aromatic N) is 2. The Bertz CT molecular complexity index is 458. The van der Waals surface area contributed by atoms with Gasteiger partial charge in [-0.2, -0.15) is 0 Å². The molecule has 0 spiro atoms. The van der Waals surface area contributed by atoms with E-state index in [9.17, 15) is 0 Å². The van der Waals surface area contributed by atoms with Crippen LogP contribution >= 0.6 is 23.4 Å². The van der Waals surface area contributed by atoms with Gasteiger partial charge in [0.1, 0.15) is 0 Å². The van der Waals surface area contributed by atoms with Gasteiger partial charge >= 0.3 is 0 Å². The molecular formula is C10H9ClN2OS. The smallest absolute Gasteiger partial charge is 0.276 e. The molecule has 1 aromatic heterocycles. The molecule has 78 valence electrons. The van der Waals surface area contributed by atoms with Gasteiger partial charge < -0.3 is 4.42 Å². The first-order valence-corrected chi connectivity index (χ1v) is 5.89. The first kappa shape index (κ1) is 10.5. The van der Waals surface area contributed by atoms with Crippen LogP contribution in [-0.4, -0.2) is 16.0 Å². The number of aromatic nitrogens is 2. The molecule has 0 aliphatic heterocycles. The monoisotopic (exact) mass is 240 g/mol. The molecule has 0 saturated heterocycles. The molecule has 0 unspecified atom stereocenters. The molecule has 2 rings (SSSR count). The van der Waals surface area contributed by atoms with E-state index in [1.165, 1.54) is 11.8 Å². The van der Waals surface area contributed by atoms with Crippen LogP contribution in [0.1, 0.15) is 6.92 Å². The summed E-state index contributed by atoms with van der Waals surface area (Å²) in [5.74, 6) is 1.38. The van der Waals surface area contributed by atoms with Crippen LogP contribution in [-0.2, 0) is 0 Å². The Morgan fingerprint density at radius 2 is 2.13 bits per heavy atom. The molecule has 1 heterocycles. The minimum absolute atomic E-state index is 0.469. The van der Waals surface area contributed by atoms with Crippen molar-refractivity contribution in [2.45, 2.75) is 12.1 Å². The summed E-state index contributed by atoms with van der Waals surface area (Å²) in [6.07, 6.45) is 0. The Kier molecular flexibility index (Phi) is 3.28. The van der Waals surface area contributed by atoms with E-state index >= 15 is 0 Å². The van der Waals surface area contributed by atoms with Crippen molar-refractivity contribution in [3.05, 3.63) is 29.3 Å². The minimum Gasteiger partial charge on any atom is -0.411 e. The summed E-state index contributed by atoms with van der Waals surface area (Å²) in [5.41, 5.74) is 0.773. The van der Waals surface area contributed by atoms with Crippen molar-refractivity contribution in [3.8, 4) is 11.5 Å². The average molecular weight is 241 g/mol.